The van der Waals surface area contributed by atoms with Crippen LogP contribution in [0.4, 0.5) is 0 Å². The maximum absolute atomic E-state index is 11.3. The molecule has 180 valence electrons. The zero-order valence-electron chi connectivity index (χ0n) is 17.7. The summed E-state index contributed by atoms with van der Waals surface area (Å²) in [5.74, 6) is 2.71. The first-order valence-corrected chi connectivity index (χ1v) is 13.2. The third-order valence-corrected chi connectivity index (χ3v) is 7.07. The van der Waals surface area contributed by atoms with Gasteiger partial charge in [-0.2, -0.15) is 23.5 Å². The van der Waals surface area contributed by atoms with Gasteiger partial charge >= 0.3 is 23.9 Å². The van der Waals surface area contributed by atoms with E-state index >= 15 is 0 Å². The number of thioether (sulfide) groups is 3. The molecule has 0 radical (unpaired) electrons. The Hall–Kier alpha value is -1.63. The number of esters is 4. The van der Waals surface area contributed by atoms with Crippen LogP contribution in [0.15, 0.2) is 25.3 Å². The lowest BCUT2D eigenvalue weighted by molar-refractivity contribution is -0.174. The first kappa shape index (κ1) is 28.4. The van der Waals surface area contributed by atoms with Crippen molar-refractivity contribution in [3.63, 3.8) is 0 Å². The van der Waals surface area contributed by atoms with E-state index in [1.165, 1.54) is 0 Å². The first-order chi connectivity index (χ1) is 15.4. The number of hydrogen-bond acceptors (Lipinski definition) is 12. The fourth-order valence-electron chi connectivity index (χ4n) is 2.07. The van der Waals surface area contributed by atoms with Crippen LogP contribution in [0.2, 0.25) is 0 Å². The molecular formula is C20H28O9S3. The lowest BCUT2D eigenvalue weighted by Gasteiger charge is -2.21. The van der Waals surface area contributed by atoms with Crippen molar-refractivity contribution in [2.75, 3.05) is 48.6 Å². The predicted molar refractivity (Wildman–Crippen MR) is 124 cm³/mol. The van der Waals surface area contributed by atoms with Crippen LogP contribution < -0.4 is 0 Å². The molecule has 2 heterocycles. The number of hydrogen-bond donors (Lipinski definition) is 0. The van der Waals surface area contributed by atoms with Gasteiger partial charge in [-0.3, -0.25) is 9.59 Å². The Morgan fingerprint density at radius 3 is 1.94 bits per heavy atom. The number of carbonyl (C=O) groups is 4. The van der Waals surface area contributed by atoms with Crippen molar-refractivity contribution in [2.24, 2.45) is 0 Å². The Bertz CT molecular complexity index is 576. The predicted octanol–water partition coefficient (Wildman–Crippen LogP) is 2.19. The lowest BCUT2D eigenvalue weighted by atomic mass is 10.4. The lowest BCUT2D eigenvalue weighted by Crippen LogP contribution is -2.29. The summed E-state index contributed by atoms with van der Waals surface area (Å²) in [6, 6.07) is 0. The summed E-state index contributed by atoms with van der Waals surface area (Å²) in [4.78, 5) is 43.9. The van der Waals surface area contributed by atoms with E-state index in [0.29, 0.717) is 12.4 Å². The summed E-state index contributed by atoms with van der Waals surface area (Å²) in [5, 5.41) is 0. The van der Waals surface area contributed by atoms with Gasteiger partial charge in [-0.05, 0) is 0 Å². The zero-order valence-corrected chi connectivity index (χ0v) is 20.1. The smallest absolute Gasteiger partial charge is 0.330 e. The van der Waals surface area contributed by atoms with Crippen LogP contribution in [-0.2, 0) is 42.9 Å². The highest BCUT2D eigenvalue weighted by Gasteiger charge is 2.19. The highest BCUT2D eigenvalue weighted by atomic mass is 32.2. The molecule has 2 aliphatic heterocycles. The Morgan fingerprint density at radius 1 is 0.844 bits per heavy atom. The number of carbonyl (C=O) groups excluding carboxylic acids is 4. The molecule has 2 saturated heterocycles. The van der Waals surface area contributed by atoms with Gasteiger partial charge in [0.2, 0.25) is 6.29 Å². The third-order valence-electron chi connectivity index (χ3n) is 3.53. The van der Waals surface area contributed by atoms with Crippen molar-refractivity contribution in [1.29, 1.82) is 0 Å². The Balaban J connectivity index is 0.000000320. The summed E-state index contributed by atoms with van der Waals surface area (Å²) >= 11 is 5.11. The number of ether oxygens (including phenoxy) is 5. The monoisotopic (exact) mass is 508 g/mol. The number of rotatable bonds is 10. The molecule has 2 fully saturated rings. The minimum Gasteiger partial charge on any atom is -0.462 e. The van der Waals surface area contributed by atoms with E-state index in [9.17, 15) is 19.2 Å². The summed E-state index contributed by atoms with van der Waals surface area (Å²) in [5.41, 5.74) is -0.0543. The molecule has 0 amide bonds. The van der Waals surface area contributed by atoms with Crippen LogP contribution in [0.3, 0.4) is 0 Å². The van der Waals surface area contributed by atoms with Crippen molar-refractivity contribution in [3.8, 4) is 0 Å². The van der Waals surface area contributed by atoms with E-state index in [1.54, 1.807) is 35.3 Å². The molecule has 0 bridgehead atoms. The van der Waals surface area contributed by atoms with Gasteiger partial charge in [0.05, 0.1) is 25.2 Å². The molecule has 0 aliphatic carbocycles. The van der Waals surface area contributed by atoms with E-state index in [0.717, 1.165) is 35.2 Å². The Morgan fingerprint density at radius 2 is 1.44 bits per heavy atom. The van der Waals surface area contributed by atoms with Gasteiger partial charge in [-0.25, -0.2) is 9.59 Å². The summed E-state index contributed by atoms with van der Waals surface area (Å²) in [7, 11) is 0. The maximum atomic E-state index is 11.3. The van der Waals surface area contributed by atoms with Crippen LogP contribution in [0, 0.1) is 0 Å². The van der Waals surface area contributed by atoms with Crippen LogP contribution in [0.1, 0.15) is 12.8 Å². The van der Waals surface area contributed by atoms with Gasteiger partial charge in [0.25, 0.3) is 0 Å². The van der Waals surface area contributed by atoms with E-state index < -0.39 is 24.2 Å². The zero-order chi connectivity index (χ0) is 23.6. The van der Waals surface area contributed by atoms with E-state index in [2.05, 4.69) is 22.6 Å². The minimum absolute atomic E-state index is 0.00352. The van der Waals surface area contributed by atoms with E-state index in [1.807, 2.05) is 0 Å². The molecule has 0 aromatic heterocycles. The molecule has 9 nitrogen and oxygen atoms in total. The quantitative estimate of drug-likeness (QED) is 0.245. The molecule has 2 rings (SSSR count). The van der Waals surface area contributed by atoms with Crippen molar-refractivity contribution in [2.45, 2.75) is 24.6 Å². The van der Waals surface area contributed by atoms with Gasteiger partial charge in [-0.15, -0.1) is 11.8 Å². The molecule has 0 saturated carbocycles. The summed E-state index contributed by atoms with van der Waals surface area (Å²) in [6.07, 6.45) is 1.78. The normalized spacial score (nSPS) is 19.9. The summed E-state index contributed by atoms with van der Waals surface area (Å²) in [6.45, 7) is 7.14. The first-order valence-electron chi connectivity index (χ1n) is 9.80. The van der Waals surface area contributed by atoms with Gasteiger partial charge in [-0.1, -0.05) is 13.2 Å². The van der Waals surface area contributed by atoms with Crippen LogP contribution in [0.5, 0.6) is 0 Å². The summed E-state index contributed by atoms with van der Waals surface area (Å²) < 4.78 is 24.7. The molecule has 0 spiro atoms. The SMILES string of the molecule is C=CC(=O)OCCC(=O)OC1CSCCO1.C=CC(=O)OCCC(=O)OC1CSCCS1. The van der Waals surface area contributed by atoms with E-state index in [-0.39, 0.29) is 37.5 Å². The van der Waals surface area contributed by atoms with Gasteiger partial charge < -0.3 is 23.7 Å². The second-order valence-corrected chi connectivity index (χ2v) is 9.54. The topological polar surface area (TPSA) is 114 Å². The molecule has 2 atom stereocenters. The van der Waals surface area contributed by atoms with Gasteiger partial charge in [0, 0.05) is 35.2 Å². The highest BCUT2D eigenvalue weighted by molar-refractivity contribution is 8.06. The maximum Gasteiger partial charge on any atom is 0.330 e. The average molecular weight is 509 g/mol. The molecule has 2 unspecified atom stereocenters. The van der Waals surface area contributed by atoms with Crippen molar-refractivity contribution in [3.05, 3.63) is 25.3 Å². The molecule has 0 N–H and O–H groups in total. The second-order valence-electron chi connectivity index (χ2n) is 5.97. The molecule has 0 aromatic rings. The molecule has 12 heteroatoms. The average Bonchev–Trinajstić information content (AvgIpc) is 2.80. The van der Waals surface area contributed by atoms with E-state index in [4.69, 9.17) is 14.2 Å². The van der Waals surface area contributed by atoms with Gasteiger partial charge in [0.15, 0.2) is 5.44 Å². The van der Waals surface area contributed by atoms with Crippen molar-refractivity contribution in [1.82, 2.24) is 0 Å². The third kappa shape index (κ3) is 14.4. The Labute approximate surface area is 200 Å². The molecule has 32 heavy (non-hydrogen) atoms. The minimum atomic E-state index is -0.544. The van der Waals surface area contributed by atoms with Gasteiger partial charge in [0.1, 0.15) is 13.2 Å². The standard InChI is InChI=1S/C10H14O5S.C10H14O4S2/c1-2-8(11)13-4-3-9(12)15-10-7-16-6-5-14-10;1-2-8(11)13-4-3-9(12)14-10-7-15-5-6-16-10/h2*2,10H,1,3-7H2. The van der Waals surface area contributed by atoms with Crippen molar-refractivity contribution < 1.29 is 42.9 Å². The highest BCUT2D eigenvalue weighted by Crippen LogP contribution is 2.25. The Kier molecular flexibility index (Phi) is 15.9. The molecule has 2 aliphatic rings. The largest absolute Gasteiger partial charge is 0.462 e. The van der Waals surface area contributed by atoms with Crippen LogP contribution in [0.25, 0.3) is 0 Å². The molecule has 0 aromatic carbocycles. The second kappa shape index (κ2) is 17.9. The fraction of sp³-hybridized carbons (Fsp3) is 0.600. The fourth-order valence-corrected chi connectivity index (χ4v) is 5.20. The molecular weight excluding hydrogens is 480 g/mol. The van der Waals surface area contributed by atoms with Crippen molar-refractivity contribution >= 4 is 59.2 Å². The van der Waals surface area contributed by atoms with Crippen LogP contribution >= 0.6 is 35.3 Å². The van der Waals surface area contributed by atoms with Crippen LogP contribution in [-0.4, -0.2) is 84.2 Å².